The number of hydrogen-bond donors (Lipinski definition) is 1. The van der Waals surface area contributed by atoms with Crippen LogP contribution in [-0.2, 0) is 0 Å². The van der Waals surface area contributed by atoms with Crippen molar-refractivity contribution in [1.82, 2.24) is 15.0 Å². The fraction of sp³-hybridized carbons (Fsp3) is 0.625. The number of aliphatic hydroxyl groups excluding tert-OH is 1. The van der Waals surface area contributed by atoms with Crippen molar-refractivity contribution in [3.05, 3.63) is 5.28 Å². The first-order chi connectivity index (χ1) is 7.26. The van der Waals surface area contributed by atoms with Crippen molar-refractivity contribution in [3.63, 3.8) is 0 Å². The molecule has 0 saturated heterocycles. The van der Waals surface area contributed by atoms with Crippen molar-refractivity contribution in [3.8, 4) is 12.0 Å². The molecule has 0 aromatic carbocycles. The molecule has 1 heterocycles. The van der Waals surface area contributed by atoms with E-state index < -0.39 is 0 Å². The summed E-state index contributed by atoms with van der Waals surface area (Å²) < 4.78 is 10.1. The van der Waals surface area contributed by atoms with Crippen LogP contribution in [0.1, 0.15) is 13.3 Å². The summed E-state index contributed by atoms with van der Waals surface area (Å²) in [7, 11) is 0. The van der Waals surface area contributed by atoms with E-state index in [4.69, 9.17) is 26.2 Å². The van der Waals surface area contributed by atoms with E-state index in [1.54, 1.807) is 0 Å². The minimum atomic E-state index is -0.117. The van der Waals surface area contributed by atoms with E-state index in [0.29, 0.717) is 6.61 Å². The van der Waals surface area contributed by atoms with E-state index in [1.807, 2.05) is 6.92 Å². The second-order valence-corrected chi connectivity index (χ2v) is 2.93. The summed E-state index contributed by atoms with van der Waals surface area (Å²) in [5.74, 6) is 0. The van der Waals surface area contributed by atoms with Gasteiger partial charge in [-0.1, -0.05) is 6.92 Å². The molecule has 0 atom stereocenters. The van der Waals surface area contributed by atoms with Crippen LogP contribution in [-0.4, -0.2) is 39.9 Å². The van der Waals surface area contributed by atoms with Crippen LogP contribution in [0.5, 0.6) is 12.0 Å². The fourth-order valence-electron chi connectivity index (χ4n) is 0.774. The maximum absolute atomic E-state index is 8.55. The molecule has 0 unspecified atom stereocenters. The average molecular weight is 234 g/mol. The van der Waals surface area contributed by atoms with E-state index in [9.17, 15) is 0 Å². The van der Waals surface area contributed by atoms with Crippen LogP contribution in [0.2, 0.25) is 5.28 Å². The van der Waals surface area contributed by atoms with Gasteiger partial charge >= 0.3 is 12.0 Å². The Balaban J connectivity index is 2.66. The Hall–Kier alpha value is -1.14. The number of rotatable bonds is 6. The molecule has 1 aromatic rings. The number of halogens is 1. The lowest BCUT2D eigenvalue weighted by molar-refractivity contribution is 0.187. The van der Waals surface area contributed by atoms with Gasteiger partial charge in [-0.15, -0.1) is 4.98 Å². The van der Waals surface area contributed by atoms with Crippen molar-refractivity contribution >= 4 is 11.6 Å². The third-order valence-electron chi connectivity index (χ3n) is 1.32. The summed E-state index contributed by atoms with van der Waals surface area (Å²) in [4.78, 5) is 11.3. The molecule has 1 aromatic heterocycles. The van der Waals surface area contributed by atoms with Crippen LogP contribution >= 0.6 is 11.6 Å². The zero-order valence-corrected chi connectivity index (χ0v) is 9.07. The summed E-state index contributed by atoms with van der Waals surface area (Å²) in [6.45, 7) is 2.45. The van der Waals surface area contributed by atoms with Gasteiger partial charge in [0.1, 0.15) is 6.61 Å². The van der Waals surface area contributed by atoms with E-state index in [2.05, 4.69) is 15.0 Å². The molecule has 1 N–H and O–H groups in total. The highest BCUT2D eigenvalue weighted by molar-refractivity contribution is 6.28. The number of nitrogens with zero attached hydrogens (tertiary/aromatic N) is 3. The Labute approximate surface area is 92.2 Å². The van der Waals surface area contributed by atoms with Crippen molar-refractivity contribution in [2.75, 3.05) is 19.8 Å². The molecule has 1 rings (SSSR count). The predicted molar refractivity (Wildman–Crippen MR) is 53.2 cm³/mol. The van der Waals surface area contributed by atoms with Gasteiger partial charge in [0.05, 0.1) is 13.2 Å². The topological polar surface area (TPSA) is 77.4 Å². The maximum Gasteiger partial charge on any atom is 0.324 e. The van der Waals surface area contributed by atoms with Crippen LogP contribution in [0.25, 0.3) is 0 Å². The zero-order chi connectivity index (χ0) is 11.1. The van der Waals surface area contributed by atoms with Gasteiger partial charge in [-0.3, -0.25) is 0 Å². The SMILES string of the molecule is CCCOc1nc(Cl)nc(OCCO)n1. The van der Waals surface area contributed by atoms with Crippen molar-refractivity contribution in [2.45, 2.75) is 13.3 Å². The molecule has 15 heavy (non-hydrogen) atoms. The molecular weight excluding hydrogens is 222 g/mol. The molecule has 0 saturated carbocycles. The molecule has 7 heteroatoms. The predicted octanol–water partition coefficient (Wildman–Crippen LogP) is 0.685. The first-order valence-corrected chi connectivity index (χ1v) is 4.92. The fourth-order valence-corrected chi connectivity index (χ4v) is 0.919. The van der Waals surface area contributed by atoms with Gasteiger partial charge in [0, 0.05) is 0 Å². The van der Waals surface area contributed by atoms with Crippen LogP contribution in [0.4, 0.5) is 0 Å². The van der Waals surface area contributed by atoms with Crippen molar-refractivity contribution in [2.24, 2.45) is 0 Å². The molecular formula is C8H12ClN3O3. The minimum Gasteiger partial charge on any atom is -0.463 e. The van der Waals surface area contributed by atoms with Crippen LogP contribution in [0.3, 0.4) is 0 Å². The summed E-state index contributed by atoms with van der Waals surface area (Å²) >= 11 is 5.62. The Morgan fingerprint density at radius 2 is 1.73 bits per heavy atom. The van der Waals surface area contributed by atoms with E-state index in [1.165, 1.54) is 0 Å². The lowest BCUT2D eigenvalue weighted by atomic mass is 10.5. The third-order valence-corrected chi connectivity index (χ3v) is 1.49. The van der Waals surface area contributed by atoms with Crippen LogP contribution < -0.4 is 9.47 Å². The molecule has 0 bridgehead atoms. The first-order valence-electron chi connectivity index (χ1n) is 4.54. The monoisotopic (exact) mass is 233 g/mol. The first kappa shape index (κ1) is 11.9. The molecule has 0 aliphatic rings. The Kier molecular flexibility index (Phi) is 5.06. The van der Waals surface area contributed by atoms with Gasteiger partial charge in [-0.2, -0.15) is 9.97 Å². The normalized spacial score (nSPS) is 10.1. The van der Waals surface area contributed by atoms with Crippen LogP contribution in [0, 0.1) is 0 Å². The van der Waals surface area contributed by atoms with E-state index in [0.717, 1.165) is 6.42 Å². The lowest BCUT2D eigenvalue weighted by Crippen LogP contribution is -2.07. The minimum absolute atomic E-state index is 0.00374. The Morgan fingerprint density at radius 3 is 2.27 bits per heavy atom. The van der Waals surface area contributed by atoms with E-state index in [-0.39, 0.29) is 30.5 Å². The largest absolute Gasteiger partial charge is 0.463 e. The molecule has 0 amide bonds. The summed E-state index contributed by atoms with van der Waals surface area (Å²) in [6.07, 6.45) is 0.843. The van der Waals surface area contributed by atoms with Crippen LogP contribution in [0.15, 0.2) is 0 Å². The third kappa shape index (κ3) is 4.26. The molecule has 84 valence electrons. The maximum atomic E-state index is 8.55. The van der Waals surface area contributed by atoms with Gasteiger partial charge < -0.3 is 14.6 Å². The second-order valence-electron chi connectivity index (χ2n) is 2.59. The highest BCUT2D eigenvalue weighted by atomic mass is 35.5. The molecule has 0 aliphatic carbocycles. The van der Waals surface area contributed by atoms with Gasteiger partial charge in [0.15, 0.2) is 0 Å². The summed E-state index contributed by atoms with van der Waals surface area (Å²) in [6, 6.07) is 0.181. The quantitative estimate of drug-likeness (QED) is 0.779. The molecule has 0 fully saturated rings. The molecule has 0 radical (unpaired) electrons. The lowest BCUT2D eigenvalue weighted by Gasteiger charge is -2.05. The molecule has 0 spiro atoms. The smallest absolute Gasteiger partial charge is 0.324 e. The summed E-state index contributed by atoms with van der Waals surface area (Å²) in [5, 5.41) is 8.55. The van der Waals surface area contributed by atoms with E-state index >= 15 is 0 Å². The van der Waals surface area contributed by atoms with Gasteiger partial charge in [-0.25, -0.2) is 0 Å². The zero-order valence-electron chi connectivity index (χ0n) is 8.31. The highest BCUT2D eigenvalue weighted by Gasteiger charge is 2.06. The summed E-state index contributed by atoms with van der Waals surface area (Å²) in [5.41, 5.74) is 0. The second kappa shape index (κ2) is 6.36. The van der Waals surface area contributed by atoms with Crippen molar-refractivity contribution in [1.29, 1.82) is 0 Å². The highest BCUT2D eigenvalue weighted by Crippen LogP contribution is 2.12. The average Bonchev–Trinajstić information content (AvgIpc) is 2.23. The molecule has 6 nitrogen and oxygen atoms in total. The van der Waals surface area contributed by atoms with Gasteiger partial charge in [0.2, 0.25) is 5.28 Å². The van der Waals surface area contributed by atoms with Gasteiger partial charge in [-0.05, 0) is 18.0 Å². The number of ether oxygens (including phenoxy) is 2. The Morgan fingerprint density at radius 1 is 1.13 bits per heavy atom. The number of hydrogen-bond acceptors (Lipinski definition) is 6. The van der Waals surface area contributed by atoms with Crippen molar-refractivity contribution < 1.29 is 14.6 Å². The van der Waals surface area contributed by atoms with Gasteiger partial charge in [0.25, 0.3) is 0 Å². The standard InChI is InChI=1S/C8H12ClN3O3/c1-2-4-14-7-10-6(9)11-8(12-7)15-5-3-13/h13H,2-5H2,1H3. The number of aromatic nitrogens is 3. The number of aliphatic hydroxyl groups is 1. The molecule has 0 aliphatic heterocycles. The Bertz CT molecular complexity index is 285.